The maximum Gasteiger partial charge on any atom is 0.138 e. The van der Waals surface area contributed by atoms with Crippen molar-refractivity contribution in [2.24, 2.45) is 5.73 Å². The number of methoxy groups -OCH3 is 1. The van der Waals surface area contributed by atoms with E-state index in [1.165, 1.54) is 5.56 Å². The molecule has 21 heavy (non-hydrogen) atoms. The van der Waals surface area contributed by atoms with Crippen LogP contribution in [0.4, 0.5) is 0 Å². The first-order chi connectivity index (χ1) is 10.1. The molecule has 2 N–H and O–H groups in total. The van der Waals surface area contributed by atoms with Gasteiger partial charge in [-0.15, -0.1) is 0 Å². The van der Waals surface area contributed by atoms with Crippen molar-refractivity contribution >= 4 is 27.5 Å². The van der Waals surface area contributed by atoms with Gasteiger partial charge in [-0.2, -0.15) is 0 Å². The lowest BCUT2D eigenvalue weighted by Crippen LogP contribution is -2.05. The van der Waals surface area contributed by atoms with Crippen LogP contribution in [0.1, 0.15) is 11.1 Å². The molecular weight excluding hydrogens is 354 g/mol. The summed E-state index contributed by atoms with van der Waals surface area (Å²) in [6.07, 6.45) is 0.829. The van der Waals surface area contributed by atoms with Crippen molar-refractivity contribution in [3.8, 4) is 11.5 Å². The molecule has 2 aromatic rings. The van der Waals surface area contributed by atoms with Gasteiger partial charge in [0.05, 0.1) is 12.1 Å². The first-order valence-electron chi connectivity index (χ1n) is 6.57. The minimum Gasteiger partial charge on any atom is -0.496 e. The minimum absolute atomic E-state index is 0.392. The molecule has 2 rings (SSSR count). The molecule has 0 saturated heterocycles. The Bertz CT molecular complexity index is 619. The van der Waals surface area contributed by atoms with Crippen LogP contribution in [0.2, 0.25) is 5.02 Å². The fourth-order valence-corrected chi connectivity index (χ4v) is 2.74. The summed E-state index contributed by atoms with van der Waals surface area (Å²) in [6, 6.07) is 11.5. The van der Waals surface area contributed by atoms with Gasteiger partial charge in [0.25, 0.3) is 0 Å². The Kier molecular flexibility index (Phi) is 5.91. The summed E-state index contributed by atoms with van der Waals surface area (Å²) >= 11 is 9.52. The van der Waals surface area contributed by atoms with Crippen molar-refractivity contribution in [3.63, 3.8) is 0 Å². The van der Waals surface area contributed by atoms with Gasteiger partial charge in [-0.05, 0) is 48.9 Å². The van der Waals surface area contributed by atoms with Gasteiger partial charge in [0.1, 0.15) is 18.1 Å². The maximum atomic E-state index is 6.15. The summed E-state index contributed by atoms with van der Waals surface area (Å²) in [5.41, 5.74) is 7.74. The molecule has 0 bridgehead atoms. The van der Waals surface area contributed by atoms with Crippen LogP contribution in [0.5, 0.6) is 11.5 Å². The van der Waals surface area contributed by atoms with E-state index in [4.69, 9.17) is 26.8 Å². The van der Waals surface area contributed by atoms with Crippen LogP contribution in [-0.4, -0.2) is 13.7 Å². The molecule has 0 unspecified atom stereocenters. The fourth-order valence-electron chi connectivity index (χ4n) is 2.01. The highest BCUT2D eigenvalue weighted by Gasteiger charge is 2.08. The molecule has 3 nitrogen and oxygen atoms in total. The van der Waals surface area contributed by atoms with Crippen LogP contribution < -0.4 is 15.2 Å². The normalized spacial score (nSPS) is 10.5. The van der Waals surface area contributed by atoms with E-state index in [-0.39, 0.29) is 0 Å². The summed E-state index contributed by atoms with van der Waals surface area (Å²) in [4.78, 5) is 0. The zero-order chi connectivity index (χ0) is 15.2. The number of hydrogen-bond acceptors (Lipinski definition) is 3. The summed E-state index contributed by atoms with van der Waals surface area (Å²) in [6.45, 7) is 1.01. The van der Waals surface area contributed by atoms with Gasteiger partial charge in [0.2, 0.25) is 0 Å². The highest BCUT2D eigenvalue weighted by molar-refractivity contribution is 9.10. The van der Waals surface area contributed by atoms with E-state index < -0.39 is 0 Å². The first-order valence-corrected chi connectivity index (χ1v) is 7.75. The van der Waals surface area contributed by atoms with E-state index >= 15 is 0 Å². The number of ether oxygens (including phenoxy) is 2. The van der Waals surface area contributed by atoms with E-state index in [0.717, 1.165) is 22.2 Å². The van der Waals surface area contributed by atoms with E-state index in [1.54, 1.807) is 13.2 Å². The summed E-state index contributed by atoms with van der Waals surface area (Å²) in [7, 11) is 1.65. The van der Waals surface area contributed by atoms with Crippen molar-refractivity contribution in [1.29, 1.82) is 0 Å². The lowest BCUT2D eigenvalue weighted by Gasteiger charge is -2.13. The largest absolute Gasteiger partial charge is 0.496 e. The second-order valence-electron chi connectivity index (χ2n) is 4.55. The molecule has 0 heterocycles. The Morgan fingerprint density at radius 3 is 2.57 bits per heavy atom. The average Bonchev–Trinajstić information content (AvgIpc) is 2.47. The molecule has 0 aliphatic carbocycles. The van der Waals surface area contributed by atoms with Crippen LogP contribution >= 0.6 is 27.5 Å². The molecule has 0 aliphatic heterocycles. The van der Waals surface area contributed by atoms with Crippen LogP contribution in [-0.2, 0) is 13.0 Å². The van der Waals surface area contributed by atoms with Gasteiger partial charge in [-0.1, -0.05) is 33.6 Å². The molecule has 112 valence electrons. The highest BCUT2D eigenvalue weighted by atomic mass is 79.9. The fraction of sp³-hybridized carbons (Fsp3) is 0.250. The highest BCUT2D eigenvalue weighted by Crippen LogP contribution is 2.29. The van der Waals surface area contributed by atoms with Crippen molar-refractivity contribution in [1.82, 2.24) is 0 Å². The maximum absolute atomic E-state index is 6.15. The second-order valence-corrected chi connectivity index (χ2v) is 5.87. The Balaban J connectivity index is 2.16. The Morgan fingerprint density at radius 2 is 1.90 bits per heavy atom. The SMILES string of the molecule is COc1ccc(CCN)cc1COc1ccc(Br)cc1Cl. The average molecular weight is 371 g/mol. The van der Waals surface area contributed by atoms with Crippen LogP contribution in [0.15, 0.2) is 40.9 Å². The lowest BCUT2D eigenvalue weighted by atomic mass is 10.1. The monoisotopic (exact) mass is 369 g/mol. The summed E-state index contributed by atoms with van der Waals surface area (Å²) < 4.78 is 12.1. The number of nitrogens with two attached hydrogens (primary N) is 1. The van der Waals surface area contributed by atoms with Gasteiger partial charge in [0.15, 0.2) is 0 Å². The van der Waals surface area contributed by atoms with E-state index in [0.29, 0.717) is 23.9 Å². The summed E-state index contributed by atoms with van der Waals surface area (Å²) in [5.74, 6) is 1.44. The number of halogens is 2. The van der Waals surface area contributed by atoms with Crippen molar-refractivity contribution in [2.45, 2.75) is 13.0 Å². The molecular formula is C16H17BrClNO2. The zero-order valence-corrected chi connectivity index (χ0v) is 14.1. The van der Waals surface area contributed by atoms with Gasteiger partial charge >= 0.3 is 0 Å². The predicted octanol–water partition coefficient (Wildman–Crippen LogP) is 4.19. The minimum atomic E-state index is 0.392. The topological polar surface area (TPSA) is 44.5 Å². The molecule has 0 saturated carbocycles. The lowest BCUT2D eigenvalue weighted by molar-refractivity contribution is 0.296. The Labute approximate surface area is 138 Å². The van der Waals surface area contributed by atoms with Gasteiger partial charge < -0.3 is 15.2 Å². The third kappa shape index (κ3) is 4.37. The van der Waals surface area contributed by atoms with Gasteiger partial charge in [-0.3, -0.25) is 0 Å². The summed E-state index contributed by atoms with van der Waals surface area (Å²) in [5, 5.41) is 0.571. The van der Waals surface area contributed by atoms with Crippen LogP contribution in [0.25, 0.3) is 0 Å². The molecule has 0 atom stereocenters. The van der Waals surface area contributed by atoms with E-state index in [2.05, 4.69) is 22.0 Å². The third-order valence-corrected chi connectivity index (χ3v) is 3.84. The van der Waals surface area contributed by atoms with Gasteiger partial charge in [-0.25, -0.2) is 0 Å². The smallest absolute Gasteiger partial charge is 0.138 e. The number of hydrogen-bond donors (Lipinski definition) is 1. The molecule has 2 aromatic carbocycles. The van der Waals surface area contributed by atoms with Crippen LogP contribution in [0, 0.1) is 0 Å². The molecule has 5 heteroatoms. The zero-order valence-electron chi connectivity index (χ0n) is 11.7. The number of benzene rings is 2. The van der Waals surface area contributed by atoms with E-state index in [1.807, 2.05) is 24.3 Å². The molecule has 0 aliphatic rings. The Hall–Kier alpha value is -1.23. The molecule has 0 fully saturated rings. The standard InChI is InChI=1S/C16H17BrClNO2/c1-20-15-4-2-11(6-7-19)8-12(15)10-21-16-5-3-13(17)9-14(16)18/h2-5,8-9H,6-7,10,19H2,1H3. The van der Waals surface area contributed by atoms with Crippen LogP contribution in [0.3, 0.4) is 0 Å². The van der Waals surface area contributed by atoms with Crippen molar-refractivity contribution in [3.05, 3.63) is 57.0 Å². The molecule has 0 amide bonds. The van der Waals surface area contributed by atoms with Crippen molar-refractivity contribution < 1.29 is 9.47 Å². The Morgan fingerprint density at radius 1 is 1.14 bits per heavy atom. The quantitative estimate of drug-likeness (QED) is 0.829. The third-order valence-electron chi connectivity index (χ3n) is 3.05. The first kappa shape index (κ1) is 16.1. The predicted molar refractivity (Wildman–Crippen MR) is 89.2 cm³/mol. The molecule has 0 radical (unpaired) electrons. The van der Waals surface area contributed by atoms with E-state index in [9.17, 15) is 0 Å². The van der Waals surface area contributed by atoms with Gasteiger partial charge in [0, 0.05) is 10.0 Å². The van der Waals surface area contributed by atoms with Crippen molar-refractivity contribution in [2.75, 3.05) is 13.7 Å². The molecule has 0 aromatic heterocycles. The molecule has 0 spiro atoms. The second kappa shape index (κ2) is 7.69. The number of rotatable bonds is 6.